The molecule has 1 saturated heterocycles. The zero-order valence-electron chi connectivity index (χ0n) is 14.0. The Balaban J connectivity index is 1.63. The molecule has 2 aromatic heterocycles. The third kappa shape index (κ3) is 3.59. The molecule has 1 aliphatic heterocycles. The van der Waals surface area contributed by atoms with Gasteiger partial charge in [-0.2, -0.15) is 4.98 Å². The van der Waals surface area contributed by atoms with E-state index in [0.29, 0.717) is 17.5 Å². The van der Waals surface area contributed by atoms with E-state index < -0.39 is 0 Å². The second-order valence-electron chi connectivity index (χ2n) is 5.95. The number of hydrogen-bond acceptors (Lipinski definition) is 8. The molecular weight excluding hydrogens is 330 g/mol. The van der Waals surface area contributed by atoms with E-state index in [0.717, 1.165) is 36.9 Å². The van der Waals surface area contributed by atoms with Gasteiger partial charge < -0.3 is 19.3 Å². The first kappa shape index (κ1) is 16.9. The van der Waals surface area contributed by atoms with E-state index in [1.54, 1.807) is 14.1 Å². The highest BCUT2D eigenvalue weighted by Gasteiger charge is 2.22. The molecular formula is C14H21N7O2S. The first-order chi connectivity index (χ1) is 11.6. The maximum absolute atomic E-state index is 11.8. The molecule has 3 rings (SSSR count). The van der Waals surface area contributed by atoms with Crippen LogP contribution < -0.4 is 5.32 Å². The molecule has 1 atom stereocenters. The molecule has 0 radical (unpaired) electrons. The zero-order chi connectivity index (χ0) is 17.1. The Bertz CT molecular complexity index is 706. The minimum atomic E-state index is -0.301. The summed E-state index contributed by atoms with van der Waals surface area (Å²) in [7, 11) is 5.26. The van der Waals surface area contributed by atoms with Crippen molar-refractivity contribution >= 4 is 17.7 Å². The van der Waals surface area contributed by atoms with Crippen LogP contribution in [0.15, 0.2) is 9.68 Å². The van der Waals surface area contributed by atoms with Crippen molar-refractivity contribution < 1.29 is 9.32 Å². The van der Waals surface area contributed by atoms with Crippen LogP contribution in [-0.4, -0.2) is 62.9 Å². The number of hydrogen-bond donors (Lipinski definition) is 1. The van der Waals surface area contributed by atoms with Gasteiger partial charge >= 0.3 is 11.8 Å². The molecule has 0 bridgehead atoms. The predicted octanol–water partition coefficient (Wildman–Crippen LogP) is 0.659. The summed E-state index contributed by atoms with van der Waals surface area (Å²) < 4.78 is 7.01. The van der Waals surface area contributed by atoms with Crippen LogP contribution in [0.1, 0.15) is 41.1 Å². The van der Waals surface area contributed by atoms with Crippen molar-refractivity contribution in [3.63, 3.8) is 0 Å². The summed E-state index contributed by atoms with van der Waals surface area (Å²) in [6, 6.07) is 0. The van der Waals surface area contributed by atoms with Gasteiger partial charge in [0.15, 0.2) is 11.0 Å². The van der Waals surface area contributed by atoms with Crippen LogP contribution in [0.2, 0.25) is 0 Å². The van der Waals surface area contributed by atoms with E-state index in [2.05, 4.69) is 25.7 Å². The average Bonchev–Trinajstić information content (AvgIpc) is 3.20. The molecule has 0 spiro atoms. The van der Waals surface area contributed by atoms with E-state index >= 15 is 0 Å². The molecule has 1 N–H and O–H groups in total. The van der Waals surface area contributed by atoms with Crippen molar-refractivity contribution in [3.05, 3.63) is 17.5 Å². The van der Waals surface area contributed by atoms with Crippen LogP contribution in [0.3, 0.4) is 0 Å². The van der Waals surface area contributed by atoms with Gasteiger partial charge in [0.25, 0.3) is 0 Å². The van der Waals surface area contributed by atoms with Crippen molar-refractivity contribution in [2.45, 2.75) is 29.7 Å². The van der Waals surface area contributed by atoms with Gasteiger partial charge in [0.05, 0.1) is 5.75 Å². The monoisotopic (exact) mass is 351 g/mol. The molecule has 130 valence electrons. The molecule has 1 aliphatic rings. The fraction of sp³-hybridized carbons (Fsp3) is 0.643. The van der Waals surface area contributed by atoms with Crippen LogP contribution in [0, 0.1) is 0 Å². The number of amides is 1. The Morgan fingerprint density at radius 1 is 1.46 bits per heavy atom. The van der Waals surface area contributed by atoms with Gasteiger partial charge in [0.2, 0.25) is 0 Å². The van der Waals surface area contributed by atoms with Crippen LogP contribution in [0.4, 0.5) is 0 Å². The maximum atomic E-state index is 11.8. The fourth-order valence-corrected chi connectivity index (χ4v) is 3.36. The molecule has 24 heavy (non-hydrogen) atoms. The van der Waals surface area contributed by atoms with Crippen molar-refractivity contribution in [2.24, 2.45) is 7.05 Å². The standard InChI is InChI=1S/C14H21N7O2S/c1-20(2)13(22)12-16-10(19-23-12)8-24-14-18-17-11(21(14)3)9-5-4-6-15-7-9/h9,15H,4-8H2,1-3H3/t9-/m1/s1. The highest BCUT2D eigenvalue weighted by Crippen LogP contribution is 2.26. The molecule has 10 heteroatoms. The molecule has 0 saturated carbocycles. The minimum absolute atomic E-state index is 0.00235. The SMILES string of the molecule is CN(C)C(=O)c1nc(CSc2nnc([C@@H]3CCCNC3)n2C)no1. The van der Waals surface area contributed by atoms with Crippen molar-refractivity contribution in [3.8, 4) is 0 Å². The average molecular weight is 351 g/mol. The number of carbonyl (C=O) groups is 1. The molecule has 1 fully saturated rings. The summed E-state index contributed by atoms with van der Waals surface area (Å²) in [4.78, 5) is 17.3. The van der Waals surface area contributed by atoms with Crippen molar-refractivity contribution in [2.75, 3.05) is 27.2 Å². The third-order valence-corrected chi connectivity index (χ3v) is 4.93. The highest BCUT2D eigenvalue weighted by atomic mass is 32.2. The van der Waals surface area contributed by atoms with Crippen LogP contribution >= 0.6 is 11.8 Å². The summed E-state index contributed by atoms with van der Waals surface area (Å²) in [6.07, 6.45) is 2.29. The Labute approximate surface area is 144 Å². The first-order valence-corrected chi connectivity index (χ1v) is 8.82. The lowest BCUT2D eigenvalue weighted by Crippen LogP contribution is -2.29. The Kier molecular flexibility index (Phi) is 5.14. The van der Waals surface area contributed by atoms with Crippen LogP contribution in [0.5, 0.6) is 0 Å². The molecule has 0 aromatic carbocycles. The van der Waals surface area contributed by atoms with Gasteiger partial charge in [0, 0.05) is 33.6 Å². The fourth-order valence-electron chi connectivity index (χ4n) is 2.60. The number of thioether (sulfide) groups is 1. The summed E-state index contributed by atoms with van der Waals surface area (Å²) >= 11 is 1.48. The molecule has 1 amide bonds. The number of aromatic nitrogens is 5. The molecule has 0 unspecified atom stereocenters. The quantitative estimate of drug-likeness (QED) is 0.784. The van der Waals surface area contributed by atoms with E-state index in [1.807, 2.05) is 11.6 Å². The first-order valence-electron chi connectivity index (χ1n) is 7.83. The number of carbonyl (C=O) groups excluding carboxylic acids is 1. The normalized spacial score (nSPS) is 17.9. The largest absolute Gasteiger partial charge is 0.341 e. The van der Waals surface area contributed by atoms with Crippen LogP contribution in [0.25, 0.3) is 0 Å². The summed E-state index contributed by atoms with van der Waals surface area (Å²) in [5.41, 5.74) is 0. The van der Waals surface area contributed by atoms with Crippen LogP contribution in [-0.2, 0) is 12.8 Å². The van der Waals surface area contributed by atoms with Gasteiger partial charge in [-0.05, 0) is 19.4 Å². The van der Waals surface area contributed by atoms with E-state index in [4.69, 9.17) is 4.52 Å². The van der Waals surface area contributed by atoms with E-state index in [9.17, 15) is 4.79 Å². The highest BCUT2D eigenvalue weighted by molar-refractivity contribution is 7.98. The molecule has 9 nitrogen and oxygen atoms in total. The van der Waals surface area contributed by atoms with E-state index in [-0.39, 0.29) is 11.8 Å². The lowest BCUT2D eigenvalue weighted by molar-refractivity contribution is 0.0779. The molecule has 0 aliphatic carbocycles. The topological polar surface area (TPSA) is 102 Å². The lowest BCUT2D eigenvalue weighted by Gasteiger charge is -2.21. The zero-order valence-corrected chi connectivity index (χ0v) is 14.8. The van der Waals surface area contributed by atoms with Gasteiger partial charge in [-0.1, -0.05) is 16.9 Å². The Morgan fingerprint density at radius 3 is 3.00 bits per heavy atom. The second kappa shape index (κ2) is 7.31. The third-order valence-electron chi connectivity index (χ3n) is 3.92. The van der Waals surface area contributed by atoms with Crippen molar-refractivity contribution in [1.82, 2.24) is 35.1 Å². The smallest absolute Gasteiger partial charge is 0.316 e. The maximum Gasteiger partial charge on any atom is 0.316 e. The lowest BCUT2D eigenvalue weighted by atomic mass is 9.99. The van der Waals surface area contributed by atoms with Gasteiger partial charge in [0.1, 0.15) is 5.82 Å². The Hall–Kier alpha value is -1.94. The minimum Gasteiger partial charge on any atom is -0.341 e. The van der Waals surface area contributed by atoms with Crippen molar-refractivity contribution in [1.29, 1.82) is 0 Å². The summed E-state index contributed by atoms with van der Waals surface area (Å²) in [5.74, 6) is 2.04. The van der Waals surface area contributed by atoms with Gasteiger partial charge in [-0.3, -0.25) is 4.79 Å². The van der Waals surface area contributed by atoms with Gasteiger partial charge in [-0.25, -0.2) is 0 Å². The Morgan fingerprint density at radius 2 is 2.29 bits per heavy atom. The van der Waals surface area contributed by atoms with E-state index in [1.165, 1.54) is 16.7 Å². The predicted molar refractivity (Wildman–Crippen MR) is 87.7 cm³/mol. The summed E-state index contributed by atoms with van der Waals surface area (Å²) in [6.45, 7) is 2.01. The second-order valence-corrected chi connectivity index (χ2v) is 6.89. The molecule has 2 aromatic rings. The number of nitrogens with one attached hydrogen (secondary N) is 1. The van der Waals surface area contributed by atoms with Gasteiger partial charge in [-0.15, -0.1) is 10.2 Å². The number of rotatable bonds is 5. The number of piperidine rings is 1. The summed E-state index contributed by atoms with van der Waals surface area (Å²) in [5, 5.41) is 16.6. The molecule has 3 heterocycles. The number of nitrogens with zero attached hydrogens (tertiary/aromatic N) is 6.